The van der Waals surface area contributed by atoms with Crippen LogP contribution in [0.1, 0.15) is 18.4 Å². The van der Waals surface area contributed by atoms with Gasteiger partial charge in [0.2, 0.25) is 11.8 Å². The van der Waals surface area contributed by atoms with E-state index in [4.69, 9.17) is 11.6 Å². The van der Waals surface area contributed by atoms with E-state index in [0.29, 0.717) is 22.4 Å². The van der Waals surface area contributed by atoms with E-state index in [0.717, 1.165) is 12.8 Å². The lowest BCUT2D eigenvalue weighted by atomic mass is 10.1. The van der Waals surface area contributed by atoms with Crippen LogP contribution in [0.25, 0.3) is 0 Å². The van der Waals surface area contributed by atoms with Gasteiger partial charge in [0.15, 0.2) is 5.17 Å². The molecule has 0 aliphatic carbocycles. The Labute approximate surface area is 207 Å². The minimum absolute atomic E-state index is 0.00482. The zero-order chi connectivity index (χ0) is 23.9. The molecule has 1 atom stereocenters. The molecule has 1 N–H and O–H groups in total. The summed E-state index contributed by atoms with van der Waals surface area (Å²) in [4.78, 5) is 32.2. The largest absolute Gasteiger partial charge is 0.323 e. The monoisotopic (exact) mass is 495 g/mol. The molecule has 8 heteroatoms. The first-order valence-corrected chi connectivity index (χ1v) is 12.2. The maximum absolute atomic E-state index is 14.0. The van der Waals surface area contributed by atoms with Crippen molar-refractivity contribution < 1.29 is 14.0 Å². The lowest BCUT2D eigenvalue weighted by Crippen LogP contribution is -2.45. The molecule has 174 valence electrons. The molecule has 34 heavy (non-hydrogen) atoms. The fourth-order valence-electron chi connectivity index (χ4n) is 3.58. The molecular weight excluding hydrogens is 473 g/mol. The van der Waals surface area contributed by atoms with Crippen molar-refractivity contribution in [2.75, 3.05) is 11.9 Å². The molecule has 0 bridgehead atoms. The topological polar surface area (TPSA) is 61.8 Å². The fraction of sp³-hybridized carbons (Fsp3) is 0.192. The van der Waals surface area contributed by atoms with Crippen molar-refractivity contribution in [3.05, 3.63) is 95.3 Å². The Morgan fingerprint density at radius 1 is 1.09 bits per heavy atom. The molecule has 0 spiro atoms. The van der Waals surface area contributed by atoms with E-state index in [9.17, 15) is 14.0 Å². The second kappa shape index (κ2) is 11.3. The summed E-state index contributed by atoms with van der Waals surface area (Å²) in [6.07, 6.45) is 1.57. The van der Waals surface area contributed by atoms with Crippen molar-refractivity contribution in [3.8, 4) is 0 Å². The molecular formula is C26H23ClFN3O2S. The van der Waals surface area contributed by atoms with Gasteiger partial charge in [-0.25, -0.2) is 9.38 Å². The van der Waals surface area contributed by atoms with E-state index in [1.165, 1.54) is 29.5 Å². The first-order valence-electron chi connectivity index (χ1n) is 10.9. The number of amides is 2. The minimum atomic E-state index is -0.726. The fourth-order valence-corrected chi connectivity index (χ4v) is 4.89. The van der Waals surface area contributed by atoms with Gasteiger partial charge in [0.25, 0.3) is 0 Å². The van der Waals surface area contributed by atoms with Crippen LogP contribution in [0.2, 0.25) is 5.02 Å². The molecule has 3 aromatic carbocycles. The summed E-state index contributed by atoms with van der Waals surface area (Å²) in [5.74, 6) is -1.16. The molecule has 0 radical (unpaired) electrons. The summed E-state index contributed by atoms with van der Waals surface area (Å²) >= 11 is 7.31. The van der Waals surface area contributed by atoms with Gasteiger partial charge in [-0.2, -0.15) is 0 Å². The van der Waals surface area contributed by atoms with Crippen molar-refractivity contribution in [2.24, 2.45) is 4.99 Å². The van der Waals surface area contributed by atoms with Crippen LogP contribution >= 0.6 is 23.4 Å². The number of para-hydroxylation sites is 1. The molecule has 0 aromatic heterocycles. The quantitative estimate of drug-likeness (QED) is 0.432. The Morgan fingerprint density at radius 2 is 1.85 bits per heavy atom. The third-order valence-corrected chi connectivity index (χ3v) is 6.71. The molecule has 1 aliphatic rings. The number of thioether (sulfide) groups is 1. The van der Waals surface area contributed by atoms with Crippen LogP contribution in [-0.2, 0) is 16.0 Å². The van der Waals surface area contributed by atoms with E-state index >= 15 is 0 Å². The first-order chi connectivity index (χ1) is 16.5. The number of hydrogen-bond acceptors (Lipinski definition) is 4. The number of amidine groups is 1. The number of nitrogens with zero attached hydrogens (tertiary/aromatic N) is 2. The van der Waals surface area contributed by atoms with Gasteiger partial charge < -0.3 is 5.32 Å². The van der Waals surface area contributed by atoms with Crippen LogP contribution in [0.4, 0.5) is 15.8 Å². The van der Waals surface area contributed by atoms with Gasteiger partial charge in [-0.3, -0.25) is 14.5 Å². The van der Waals surface area contributed by atoms with Crippen LogP contribution in [0.15, 0.2) is 83.9 Å². The van der Waals surface area contributed by atoms with Crippen molar-refractivity contribution in [1.29, 1.82) is 0 Å². The van der Waals surface area contributed by atoms with Crippen LogP contribution in [0.3, 0.4) is 0 Å². The number of benzene rings is 3. The summed E-state index contributed by atoms with van der Waals surface area (Å²) < 4.78 is 14.0. The number of rotatable bonds is 7. The lowest BCUT2D eigenvalue weighted by molar-refractivity contribution is -0.129. The van der Waals surface area contributed by atoms with Crippen LogP contribution in [-0.4, -0.2) is 33.7 Å². The van der Waals surface area contributed by atoms with Gasteiger partial charge in [-0.15, -0.1) is 0 Å². The SMILES string of the molecule is O=C(Nc1ccccc1F)C1CC(=O)N(CCCc2ccccc2)C(=Nc2cccc(Cl)c2)S1. The van der Waals surface area contributed by atoms with E-state index in [-0.39, 0.29) is 18.0 Å². The summed E-state index contributed by atoms with van der Waals surface area (Å²) in [5.41, 5.74) is 1.86. The average molecular weight is 496 g/mol. The van der Waals surface area contributed by atoms with Crippen molar-refractivity contribution >= 4 is 51.7 Å². The van der Waals surface area contributed by atoms with E-state index in [2.05, 4.69) is 22.4 Å². The van der Waals surface area contributed by atoms with Gasteiger partial charge in [0, 0.05) is 18.0 Å². The van der Waals surface area contributed by atoms with Crippen LogP contribution < -0.4 is 5.32 Å². The molecule has 2 amide bonds. The highest BCUT2D eigenvalue weighted by Gasteiger charge is 2.36. The third-order valence-electron chi connectivity index (χ3n) is 5.29. The number of aryl methyl sites for hydroxylation is 1. The summed E-state index contributed by atoms with van der Waals surface area (Å²) in [5, 5.41) is 2.82. The molecule has 1 saturated heterocycles. The Morgan fingerprint density at radius 3 is 2.62 bits per heavy atom. The number of carbonyl (C=O) groups is 2. The number of carbonyl (C=O) groups excluding carboxylic acids is 2. The molecule has 1 aliphatic heterocycles. The predicted molar refractivity (Wildman–Crippen MR) is 136 cm³/mol. The Kier molecular flexibility index (Phi) is 7.98. The first kappa shape index (κ1) is 24.0. The standard InChI is InChI=1S/C26H23ClFN3O2S/c27-19-11-6-12-20(16-19)29-26-31(15-7-10-18-8-2-1-3-9-18)24(32)17-23(34-26)25(33)30-22-14-5-4-13-21(22)28/h1-6,8-9,11-14,16,23H,7,10,15,17H2,(H,30,33). The maximum atomic E-state index is 14.0. The number of nitrogens with one attached hydrogen (secondary N) is 1. The molecule has 1 fully saturated rings. The molecule has 3 aromatic rings. The molecule has 1 heterocycles. The third kappa shape index (κ3) is 6.24. The Bertz CT molecular complexity index is 1210. The smallest absolute Gasteiger partial charge is 0.238 e. The zero-order valence-electron chi connectivity index (χ0n) is 18.3. The highest BCUT2D eigenvalue weighted by molar-refractivity contribution is 8.15. The van der Waals surface area contributed by atoms with E-state index in [1.807, 2.05) is 18.2 Å². The molecule has 0 saturated carbocycles. The number of anilines is 1. The molecule has 5 nitrogen and oxygen atoms in total. The number of hydrogen-bond donors (Lipinski definition) is 1. The minimum Gasteiger partial charge on any atom is -0.323 e. The Hall–Kier alpha value is -3.16. The molecule has 4 rings (SSSR count). The van der Waals surface area contributed by atoms with Crippen molar-refractivity contribution in [1.82, 2.24) is 4.90 Å². The van der Waals surface area contributed by atoms with Crippen LogP contribution in [0, 0.1) is 5.82 Å². The number of halogens is 2. The number of aliphatic imine (C=N–C) groups is 1. The van der Waals surface area contributed by atoms with Gasteiger partial charge in [-0.1, -0.05) is 71.9 Å². The van der Waals surface area contributed by atoms with E-state index in [1.54, 1.807) is 41.3 Å². The van der Waals surface area contributed by atoms with Gasteiger partial charge in [-0.05, 0) is 48.7 Å². The van der Waals surface area contributed by atoms with Crippen molar-refractivity contribution in [3.63, 3.8) is 0 Å². The van der Waals surface area contributed by atoms with E-state index < -0.39 is 17.0 Å². The second-order valence-electron chi connectivity index (χ2n) is 7.79. The summed E-state index contributed by atoms with van der Waals surface area (Å²) in [6, 6.07) is 23.0. The molecule has 1 unspecified atom stereocenters. The summed E-state index contributed by atoms with van der Waals surface area (Å²) in [7, 11) is 0. The zero-order valence-corrected chi connectivity index (χ0v) is 19.9. The normalized spacial score (nSPS) is 17.1. The average Bonchev–Trinajstić information content (AvgIpc) is 2.82. The highest BCUT2D eigenvalue weighted by Crippen LogP contribution is 2.31. The Balaban J connectivity index is 1.52. The van der Waals surface area contributed by atoms with Gasteiger partial charge in [0.05, 0.1) is 11.4 Å². The second-order valence-corrected chi connectivity index (χ2v) is 9.39. The van der Waals surface area contributed by atoms with Gasteiger partial charge >= 0.3 is 0 Å². The predicted octanol–water partition coefficient (Wildman–Crippen LogP) is 6.07. The van der Waals surface area contributed by atoms with Crippen LogP contribution in [0.5, 0.6) is 0 Å². The highest BCUT2D eigenvalue weighted by atomic mass is 35.5. The lowest BCUT2D eigenvalue weighted by Gasteiger charge is -2.32. The van der Waals surface area contributed by atoms with Gasteiger partial charge in [0.1, 0.15) is 11.1 Å². The maximum Gasteiger partial charge on any atom is 0.238 e. The summed E-state index contributed by atoms with van der Waals surface area (Å²) in [6.45, 7) is 0.474. The van der Waals surface area contributed by atoms with Crippen molar-refractivity contribution in [2.45, 2.75) is 24.5 Å².